The molecule has 1 aliphatic heterocycles. The van der Waals surface area contributed by atoms with Crippen molar-refractivity contribution < 1.29 is 4.39 Å². The second kappa shape index (κ2) is 5.82. The molecule has 1 aliphatic carbocycles. The minimum absolute atomic E-state index is 0.0727. The van der Waals surface area contributed by atoms with Gasteiger partial charge >= 0.3 is 0 Å². The van der Waals surface area contributed by atoms with E-state index >= 15 is 0 Å². The van der Waals surface area contributed by atoms with Gasteiger partial charge in [-0.05, 0) is 30.7 Å². The summed E-state index contributed by atoms with van der Waals surface area (Å²) in [7, 11) is 0. The Morgan fingerprint density at radius 1 is 1.30 bits per heavy atom. The predicted octanol–water partition coefficient (Wildman–Crippen LogP) is 3.03. The first-order chi connectivity index (χ1) is 9.65. The highest BCUT2D eigenvalue weighted by atomic mass is 19.1. The van der Waals surface area contributed by atoms with Crippen LogP contribution in [0.15, 0.2) is 24.3 Å². The topological polar surface area (TPSA) is 15.3 Å². The van der Waals surface area contributed by atoms with Gasteiger partial charge in [-0.25, -0.2) is 4.39 Å². The van der Waals surface area contributed by atoms with E-state index in [-0.39, 0.29) is 5.82 Å². The molecule has 0 aromatic heterocycles. The van der Waals surface area contributed by atoms with Crippen molar-refractivity contribution in [3.63, 3.8) is 0 Å². The van der Waals surface area contributed by atoms with Crippen molar-refractivity contribution in [2.45, 2.75) is 45.3 Å². The van der Waals surface area contributed by atoms with Gasteiger partial charge in [0.05, 0.1) is 0 Å². The van der Waals surface area contributed by atoms with Gasteiger partial charge in [0, 0.05) is 37.3 Å². The number of nitrogens with zero attached hydrogens (tertiary/aromatic N) is 1. The van der Waals surface area contributed by atoms with E-state index in [1.165, 1.54) is 12.8 Å². The van der Waals surface area contributed by atoms with Gasteiger partial charge in [-0.1, -0.05) is 32.0 Å². The van der Waals surface area contributed by atoms with Gasteiger partial charge in [-0.2, -0.15) is 0 Å². The van der Waals surface area contributed by atoms with Crippen LogP contribution in [0.5, 0.6) is 0 Å². The highest BCUT2D eigenvalue weighted by molar-refractivity contribution is 5.17. The molecule has 3 rings (SSSR count). The Kier molecular flexibility index (Phi) is 4.08. The molecule has 1 N–H and O–H groups in total. The zero-order chi connectivity index (χ0) is 14.1. The van der Waals surface area contributed by atoms with Gasteiger partial charge in [0.15, 0.2) is 0 Å². The summed E-state index contributed by atoms with van der Waals surface area (Å²) >= 11 is 0. The number of halogens is 1. The van der Waals surface area contributed by atoms with E-state index < -0.39 is 0 Å². The fraction of sp³-hybridized carbons (Fsp3) is 0.647. The molecule has 110 valence electrons. The third kappa shape index (κ3) is 3.04. The normalized spacial score (nSPS) is 28.0. The monoisotopic (exact) mass is 276 g/mol. The van der Waals surface area contributed by atoms with Crippen LogP contribution in [0, 0.1) is 17.7 Å². The fourth-order valence-corrected chi connectivity index (χ4v) is 3.35. The Hall–Kier alpha value is -0.930. The maximum absolute atomic E-state index is 13.9. The van der Waals surface area contributed by atoms with Crippen molar-refractivity contribution in [3.05, 3.63) is 35.6 Å². The third-order valence-corrected chi connectivity index (χ3v) is 4.78. The molecule has 20 heavy (non-hydrogen) atoms. The number of rotatable bonds is 4. The molecule has 0 radical (unpaired) electrons. The number of hydrogen-bond donors (Lipinski definition) is 1. The maximum atomic E-state index is 13.9. The molecule has 1 saturated carbocycles. The third-order valence-electron chi connectivity index (χ3n) is 4.78. The smallest absolute Gasteiger partial charge is 0.127 e. The summed E-state index contributed by atoms with van der Waals surface area (Å²) in [5.41, 5.74) is 0.828. The van der Waals surface area contributed by atoms with Crippen LogP contribution in [-0.2, 0) is 6.54 Å². The van der Waals surface area contributed by atoms with Crippen LogP contribution in [0.4, 0.5) is 4.39 Å². The van der Waals surface area contributed by atoms with Crippen LogP contribution in [0.1, 0.15) is 32.3 Å². The lowest BCUT2D eigenvalue weighted by Crippen LogP contribution is -2.58. The predicted molar refractivity (Wildman–Crippen MR) is 80.0 cm³/mol. The standard InChI is InChI=1S/C17H25FN2/c1-12(2)17-9-19-16(13-7-8-13)11-20(17)10-14-5-3-4-6-15(14)18/h3-6,12-13,16-17,19H,7-11H2,1-2H3. The van der Waals surface area contributed by atoms with E-state index in [9.17, 15) is 4.39 Å². The molecular weight excluding hydrogens is 251 g/mol. The van der Waals surface area contributed by atoms with Crippen molar-refractivity contribution in [2.24, 2.45) is 11.8 Å². The van der Waals surface area contributed by atoms with E-state index in [4.69, 9.17) is 0 Å². The second-order valence-electron chi connectivity index (χ2n) is 6.68. The van der Waals surface area contributed by atoms with Crippen molar-refractivity contribution in [3.8, 4) is 0 Å². The lowest BCUT2D eigenvalue weighted by Gasteiger charge is -2.42. The van der Waals surface area contributed by atoms with Gasteiger partial charge in [-0.15, -0.1) is 0 Å². The molecule has 1 saturated heterocycles. The van der Waals surface area contributed by atoms with Crippen molar-refractivity contribution in [1.82, 2.24) is 10.2 Å². The molecule has 1 aromatic carbocycles. The Labute approximate surface area is 121 Å². The molecule has 2 fully saturated rings. The van der Waals surface area contributed by atoms with E-state index in [2.05, 4.69) is 24.1 Å². The van der Waals surface area contributed by atoms with Crippen LogP contribution in [0.2, 0.25) is 0 Å². The highest BCUT2D eigenvalue weighted by Crippen LogP contribution is 2.35. The van der Waals surface area contributed by atoms with Gasteiger partial charge in [0.2, 0.25) is 0 Å². The van der Waals surface area contributed by atoms with Gasteiger partial charge < -0.3 is 5.32 Å². The summed E-state index contributed by atoms with van der Waals surface area (Å²) in [6, 6.07) is 8.30. The molecule has 0 spiro atoms. The Morgan fingerprint density at radius 3 is 2.70 bits per heavy atom. The van der Waals surface area contributed by atoms with Crippen LogP contribution < -0.4 is 5.32 Å². The quantitative estimate of drug-likeness (QED) is 0.909. The molecule has 2 nitrogen and oxygen atoms in total. The van der Waals surface area contributed by atoms with E-state index in [0.717, 1.165) is 31.1 Å². The largest absolute Gasteiger partial charge is 0.311 e. The molecule has 2 atom stereocenters. The van der Waals surface area contributed by atoms with Crippen LogP contribution in [0.25, 0.3) is 0 Å². The SMILES string of the molecule is CC(C)C1CNC(C2CC2)CN1Cc1ccccc1F. The van der Waals surface area contributed by atoms with E-state index in [0.29, 0.717) is 18.0 Å². The maximum Gasteiger partial charge on any atom is 0.127 e. The molecular formula is C17H25FN2. The fourth-order valence-electron chi connectivity index (χ4n) is 3.35. The van der Waals surface area contributed by atoms with E-state index in [1.54, 1.807) is 12.1 Å². The summed E-state index contributed by atoms with van der Waals surface area (Å²) in [4.78, 5) is 2.49. The van der Waals surface area contributed by atoms with Gasteiger partial charge in [-0.3, -0.25) is 4.90 Å². The Bertz CT molecular complexity index is 456. The average molecular weight is 276 g/mol. The molecule has 1 aromatic rings. The van der Waals surface area contributed by atoms with Crippen molar-refractivity contribution in [1.29, 1.82) is 0 Å². The van der Waals surface area contributed by atoms with Crippen molar-refractivity contribution >= 4 is 0 Å². The summed E-state index contributed by atoms with van der Waals surface area (Å²) in [5.74, 6) is 1.37. The first-order valence-corrected chi connectivity index (χ1v) is 7.86. The summed E-state index contributed by atoms with van der Waals surface area (Å²) in [6.07, 6.45) is 2.72. The highest BCUT2D eigenvalue weighted by Gasteiger charge is 2.37. The summed E-state index contributed by atoms with van der Waals surface area (Å²) in [5, 5.41) is 3.71. The van der Waals surface area contributed by atoms with Gasteiger partial charge in [0.25, 0.3) is 0 Å². The first-order valence-electron chi connectivity index (χ1n) is 7.86. The molecule has 2 unspecified atom stereocenters. The van der Waals surface area contributed by atoms with E-state index in [1.807, 2.05) is 12.1 Å². The molecule has 1 heterocycles. The van der Waals surface area contributed by atoms with Gasteiger partial charge in [0.1, 0.15) is 5.82 Å². The Morgan fingerprint density at radius 2 is 2.05 bits per heavy atom. The average Bonchev–Trinajstić information content (AvgIpc) is 3.25. The zero-order valence-electron chi connectivity index (χ0n) is 12.5. The zero-order valence-corrected chi connectivity index (χ0v) is 12.5. The lowest BCUT2D eigenvalue weighted by molar-refractivity contribution is 0.0841. The number of nitrogens with one attached hydrogen (secondary N) is 1. The van der Waals surface area contributed by atoms with Crippen LogP contribution >= 0.6 is 0 Å². The molecule has 3 heteroatoms. The minimum atomic E-state index is -0.0727. The summed E-state index contributed by atoms with van der Waals surface area (Å²) < 4.78 is 13.9. The number of piperazine rings is 1. The second-order valence-corrected chi connectivity index (χ2v) is 6.68. The Balaban J connectivity index is 1.73. The minimum Gasteiger partial charge on any atom is -0.311 e. The number of hydrogen-bond acceptors (Lipinski definition) is 2. The molecule has 0 bridgehead atoms. The first kappa shape index (κ1) is 14.0. The lowest BCUT2D eigenvalue weighted by atomic mass is 9.96. The number of benzene rings is 1. The van der Waals surface area contributed by atoms with Crippen molar-refractivity contribution in [2.75, 3.05) is 13.1 Å². The van der Waals surface area contributed by atoms with Crippen LogP contribution in [0.3, 0.4) is 0 Å². The molecule has 2 aliphatic rings. The summed E-state index contributed by atoms with van der Waals surface area (Å²) in [6.45, 7) is 7.35. The molecule has 0 amide bonds. The van der Waals surface area contributed by atoms with Crippen LogP contribution in [-0.4, -0.2) is 30.1 Å².